The van der Waals surface area contributed by atoms with Gasteiger partial charge in [0.25, 0.3) is 0 Å². The summed E-state index contributed by atoms with van der Waals surface area (Å²) in [5.74, 6) is 2.64. The van der Waals surface area contributed by atoms with E-state index in [-0.39, 0.29) is 11.8 Å². The Bertz CT molecular complexity index is 1170. The molecule has 2 aliphatic rings. The number of carbonyl (C=O) groups excluding carboxylic acids is 1. The van der Waals surface area contributed by atoms with Crippen LogP contribution in [0.25, 0.3) is 10.2 Å². The molecule has 1 N–H and O–H groups in total. The van der Waals surface area contributed by atoms with Crippen LogP contribution in [0.15, 0.2) is 41.5 Å². The Morgan fingerprint density at radius 2 is 2.06 bits per heavy atom. The van der Waals surface area contributed by atoms with Crippen LogP contribution in [0.4, 0.5) is 10.9 Å². The van der Waals surface area contributed by atoms with Crippen molar-refractivity contribution in [3.8, 4) is 11.5 Å². The summed E-state index contributed by atoms with van der Waals surface area (Å²) in [6, 6.07) is 10.5. The van der Waals surface area contributed by atoms with Crippen molar-refractivity contribution in [1.29, 1.82) is 0 Å². The van der Waals surface area contributed by atoms with E-state index in [2.05, 4.69) is 26.3 Å². The van der Waals surface area contributed by atoms with E-state index in [1.165, 1.54) is 32.1 Å². The molecule has 1 aromatic carbocycles. The van der Waals surface area contributed by atoms with Gasteiger partial charge in [-0.25, -0.2) is 15.0 Å². The highest BCUT2D eigenvalue weighted by atomic mass is 32.1. The number of carbonyl (C=O) groups is 1. The van der Waals surface area contributed by atoms with E-state index < -0.39 is 0 Å². The van der Waals surface area contributed by atoms with E-state index >= 15 is 0 Å². The number of rotatable bonds is 7. The molecule has 1 atom stereocenters. The van der Waals surface area contributed by atoms with Gasteiger partial charge in [-0.15, -0.1) is 0 Å². The molecule has 8 heteroatoms. The number of thiazole rings is 1. The van der Waals surface area contributed by atoms with Gasteiger partial charge in [0.1, 0.15) is 17.3 Å². The van der Waals surface area contributed by atoms with Crippen molar-refractivity contribution < 1.29 is 9.53 Å². The molecule has 0 radical (unpaired) electrons. The molecule has 7 nitrogen and oxygen atoms in total. The lowest BCUT2D eigenvalue weighted by molar-refractivity contribution is -0.117. The van der Waals surface area contributed by atoms with E-state index in [4.69, 9.17) is 9.72 Å². The predicted octanol–water partition coefficient (Wildman–Crippen LogP) is 6.06. The summed E-state index contributed by atoms with van der Waals surface area (Å²) in [5, 5.41) is 4.62. The number of ether oxygens (including phenoxy) is 1. The highest BCUT2D eigenvalue weighted by Crippen LogP contribution is 2.33. The van der Waals surface area contributed by atoms with E-state index in [0.29, 0.717) is 12.5 Å². The largest absolute Gasteiger partial charge is 0.457 e. The molecule has 1 saturated heterocycles. The van der Waals surface area contributed by atoms with Gasteiger partial charge in [0, 0.05) is 56.0 Å². The molecule has 2 fully saturated rings. The third-order valence-corrected chi connectivity index (χ3v) is 7.48. The zero-order valence-corrected chi connectivity index (χ0v) is 20.4. The van der Waals surface area contributed by atoms with Gasteiger partial charge in [-0.1, -0.05) is 37.5 Å². The molecule has 1 amide bonds. The molecular weight excluding hydrogens is 446 g/mol. The molecule has 1 aliphatic heterocycles. The molecule has 0 spiro atoms. The second kappa shape index (κ2) is 10.5. The number of aromatic nitrogens is 2. The molecule has 1 aliphatic carbocycles. The molecular formula is C26H31N5O2S. The third kappa shape index (κ3) is 5.55. The monoisotopic (exact) mass is 477 g/mol. The van der Waals surface area contributed by atoms with Crippen LogP contribution in [0.3, 0.4) is 0 Å². The fourth-order valence-corrected chi connectivity index (χ4v) is 5.59. The minimum Gasteiger partial charge on any atom is -0.457 e. The summed E-state index contributed by atoms with van der Waals surface area (Å²) in [6.45, 7) is 3.52. The average Bonchev–Trinajstić information content (AvgIpc) is 3.50. The van der Waals surface area contributed by atoms with Crippen LogP contribution < -0.4 is 15.0 Å². The smallest absolute Gasteiger partial charge is 0.245 e. The first-order valence-electron chi connectivity index (χ1n) is 12.3. The minimum atomic E-state index is -0.0678. The lowest BCUT2D eigenvalue weighted by atomic mass is 9.96. The van der Waals surface area contributed by atoms with Crippen molar-refractivity contribution in [2.75, 3.05) is 23.3 Å². The summed E-state index contributed by atoms with van der Waals surface area (Å²) in [7, 11) is 0. The number of pyridine rings is 1. The van der Waals surface area contributed by atoms with Gasteiger partial charge >= 0.3 is 0 Å². The van der Waals surface area contributed by atoms with Gasteiger partial charge in [0.2, 0.25) is 5.91 Å². The van der Waals surface area contributed by atoms with Crippen LogP contribution in [0.2, 0.25) is 0 Å². The normalized spacial score (nSPS) is 19.2. The summed E-state index contributed by atoms with van der Waals surface area (Å²) in [6.07, 6.45) is 11.4. The molecule has 0 bridgehead atoms. The fourth-order valence-electron chi connectivity index (χ4n) is 4.62. The standard InChI is InChI=1S/C26H31N5O2S/c1-2-25(32)28-16-18-11-13-31(17-18)24-15-21(10-12-27-24)33-20-8-9-22-23(14-20)34-26(30-22)29-19-6-4-3-5-7-19/h8-10,12,14-16,18-19H,2-7,11,13,17H2,1H3,(H,29,30)/b28-16-. The second-order valence-corrected chi connectivity index (χ2v) is 10.1. The Morgan fingerprint density at radius 3 is 2.91 bits per heavy atom. The van der Waals surface area contributed by atoms with Gasteiger partial charge in [0.15, 0.2) is 5.13 Å². The van der Waals surface area contributed by atoms with Crippen LogP contribution in [-0.2, 0) is 4.79 Å². The molecule has 178 valence electrons. The molecule has 3 heterocycles. The van der Waals surface area contributed by atoms with Crippen molar-refractivity contribution in [3.05, 3.63) is 36.5 Å². The van der Waals surface area contributed by atoms with Crippen molar-refractivity contribution >= 4 is 44.6 Å². The molecule has 5 rings (SSSR count). The first-order chi connectivity index (χ1) is 16.7. The molecule has 3 aromatic rings. The second-order valence-electron chi connectivity index (χ2n) is 9.10. The zero-order chi connectivity index (χ0) is 23.3. The predicted molar refractivity (Wildman–Crippen MR) is 139 cm³/mol. The van der Waals surface area contributed by atoms with Crippen molar-refractivity contribution in [2.24, 2.45) is 10.9 Å². The third-order valence-electron chi connectivity index (χ3n) is 6.53. The molecule has 34 heavy (non-hydrogen) atoms. The molecule has 1 saturated carbocycles. The van der Waals surface area contributed by atoms with E-state index in [0.717, 1.165) is 52.2 Å². The SMILES string of the molecule is CCC(=O)/N=C\C1CCN(c2cc(Oc3ccc4nc(NC5CCCCC5)sc4c3)ccn2)C1. The number of fused-ring (bicyclic) bond motifs is 1. The van der Waals surface area contributed by atoms with Crippen LogP contribution in [0, 0.1) is 5.92 Å². The summed E-state index contributed by atoms with van der Waals surface area (Å²) in [4.78, 5) is 27.0. The topological polar surface area (TPSA) is 79.7 Å². The zero-order valence-electron chi connectivity index (χ0n) is 19.6. The average molecular weight is 478 g/mol. The Kier molecular flexibility index (Phi) is 7.04. The Balaban J connectivity index is 1.24. The van der Waals surface area contributed by atoms with Gasteiger partial charge in [-0.3, -0.25) is 4.79 Å². The van der Waals surface area contributed by atoms with Crippen molar-refractivity contribution in [1.82, 2.24) is 9.97 Å². The Labute approximate surface area is 204 Å². The van der Waals surface area contributed by atoms with Crippen LogP contribution in [0.5, 0.6) is 11.5 Å². The number of hydrogen-bond donors (Lipinski definition) is 1. The maximum absolute atomic E-state index is 11.5. The summed E-state index contributed by atoms with van der Waals surface area (Å²) < 4.78 is 7.31. The number of nitrogens with zero attached hydrogens (tertiary/aromatic N) is 4. The van der Waals surface area contributed by atoms with Crippen LogP contribution in [0.1, 0.15) is 51.9 Å². The number of amides is 1. The maximum atomic E-state index is 11.5. The van der Waals surface area contributed by atoms with Crippen LogP contribution in [-0.4, -0.2) is 41.2 Å². The van der Waals surface area contributed by atoms with Crippen molar-refractivity contribution in [2.45, 2.75) is 57.9 Å². The van der Waals surface area contributed by atoms with Crippen LogP contribution >= 0.6 is 11.3 Å². The number of anilines is 2. The lowest BCUT2D eigenvalue weighted by Gasteiger charge is -2.22. The van der Waals surface area contributed by atoms with Gasteiger partial charge in [0.05, 0.1) is 10.2 Å². The number of aliphatic imine (C=N–C) groups is 1. The number of hydrogen-bond acceptors (Lipinski definition) is 7. The molecule has 2 aromatic heterocycles. The van der Waals surface area contributed by atoms with Gasteiger partial charge in [-0.2, -0.15) is 0 Å². The quantitative estimate of drug-likeness (QED) is 0.417. The van der Waals surface area contributed by atoms with Crippen molar-refractivity contribution in [3.63, 3.8) is 0 Å². The molecule has 1 unspecified atom stereocenters. The highest BCUT2D eigenvalue weighted by Gasteiger charge is 2.23. The first kappa shape index (κ1) is 22.8. The Hall–Kier alpha value is -3.00. The lowest BCUT2D eigenvalue weighted by Crippen LogP contribution is -2.21. The van der Waals surface area contributed by atoms with E-state index in [1.807, 2.05) is 31.2 Å². The maximum Gasteiger partial charge on any atom is 0.245 e. The highest BCUT2D eigenvalue weighted by molar-refractivity contribution is 7.22. The van der Waals surface area contributed by atoms with Gasteiger partial charge < -0.3 is 15.0 Å². The summed E-state index contributed by atoms with van der Waals surface area (Å²) >= 11 is 1.69. The fraction of sp³-hybridized carbons (Fsp3) is 0.462. The number of nitrogens with one attached hydrogen (secondary N) is 1. The van der Waals surface area contributed by atoms with Gasteiger partial charge in [-0.05, 0) is 37.5 Å². The number of benzene rings is 1. The minimum absolute atomic E-state index is 0.0678. The van der Waals surface area contributed by atoms with E-state index in [9.17, 15) is 4.79 Å². The first-order valence-corrected chi connectivity index (χ1v) is 13.1. The van der Waals surface area contributed by atoms with E-state index in [1.54, 1.807) is 23.7 Å². The Morgan fingerprint density at radius 1 is 1.21 bits per heavy atom. The summed E-state index contributed by atoms with van der Waals surface area (Å²) in [5.41, 5.74) is 0.998.